The zero-order valence-corrected chi connectivity index (χ0v) is 22.8. The predicted molar refractivity (Wildman–Crippen MR) is 156 cm³/mol. The zero-order chi connectivity index (χ0) is 27.5. The number of rotatable bonds is 9. The molecule has 1 atom stereocenters. The van der Waals surface area contributed by atoms with Crippen LogP contribution in [-0.4, -0.2) is 34.7 Å². The monoisotopic (exact) mass is 549 g/mol. The van der Waals surface area contributed by atoms with Crippen molar-refractivity contribution in [3.8, 4) is 22.8 Å². The molecule has 40 heavy (non-hydrogen) atoms. The number of benzene rings is 4. The highest BCUT2D eigenvalue weighted by Crippen LogP contribution is 2.43. The molecule has 7 heteroatoms. The van der Waals surface area contributed by atoms with Gasteiger partial charge >= 0.3 is 0 Å². The van der Waals surface area contributed by atoms with E-state index in [1.165, 1.54) is 5.56 Å². The second-order valence-electron chi connectivity index (χ2n) is 9.68. The number of aromatic nitrogens is 2. The molecule has 1 N–H and O–H groups in total. The van der Waals surface area contributed by atoms with E-state index < -0.39 is 0 Å². The minimum Gasteiger partial charge on any atom is -0.497 e. The summed E-state index contributed by atoms with van der Waals surface area (Å²) in [5.41, 5.74) is 6.19. The minimum absolute atomic E-state index is 0.0535. The lowest BCUT2D eigenvalue weighted by Crippen LogP contribution is -2.31. The number of carbonyl (C=O) groups is 1. The second-order valence-corrected chi connectivity index (χ2v) is 10.1. The highest BCUT2D eigenvalue weighted by atomic mass is 35.5. The Bertz CT molecular complexity index is 1620. The number of halogens is 1. The fraction of sp³-hybridized carbons (Fsp3) is 0.152. The summed E-state index contributed by atoms with van der Waals surface area (Å²) >= 11 is 6.29. The molecular weight excluding hydrogens is 522 g/mol. The lowest BCUT2D eigenvalue weighted by atomic mass is 9.95. The molecule has 2 heterocycles. The molecule has 200 valence electrons. The van der Waals surface area contributed by atoms with Crippen LogP contribution in [-0.2, 0) is 13.0 Å². The summed E-state index contributed by atoms with van der Waals surface area (Å²) in [6.45, 7) is 0.945. The fourth-order valence-corrected chi connectivity index (χ4v) is 5.35. The van der Waals surface area contributed by atoms with Gasteiger partial charge in [0.05, 0.1) is 18.8 Å². The van der Waals surface area contributed by atoms with Crippen LogP contribution >= 0.6 is 11.6 Å². The van der Waals surface area contributed by atoms with E-state index in [2.05, 4.69) is 22.3 Å². The minimum atomic E-state index is -0.292. The maximum Gasteiger partial charge on any atom is 0.273 e. The largest absolute Gasteiger partial charge is 0.497 e. The molecule has 0 fully saturated rings. The topological polar surface area (TPSA) is 67.5 Å². The lowest BCUT2D eigenvalue weighted by Gasteiger charge is -2.26. The predicted octanol–water partition coefficient (Wildman–Crippen LogP) is 7.11. The van der Waals surface area contributed by atoms with E-state index in [-0.39, 0.29) is 11.9 Å². The summed E-state index contributed by atoms with van der Waals surface area (Å²) in [4.78, 5) is 15.6. The van der Waals surface area contributed by atoms with Crippen molar-refractivity contribution >= 4 is 17.5 Å². The van der Waals surface area contributed by atoms with Gasteiger partial charge in [0.15, 0.2) is 0 Å². The molecule has 6 nitrogen and oxygen atoms in total. The van der Waals surface area contributed by atoms with Crippen LogP contribution < -0.4 is 9.47 Å². The summed E-state index contributed by atoms with van der Waals surface area (Å²) in [6.07, 6.45) is 0.748. The number of methoxy groups -OCH3 is 1. The van der Waals surface area contributed by atoms with Crippen LogP contribution in [0.15, 0.2) is 103 Å². The van der Waals surface area contributed by atoms with Crippen molar-refractivity contribution in [1.82, 2.24) is 15.1 Å². The van der Waals surface area contributed by atoms with Crippen molar-refractivity contribution in [3.05, 3.63) is 136 Å². The Hall–Kier alpha value is -4.55. The highest BCUT2D eigenvalue weighted by molar-refractivity contribution is 6.31. The maximum absolute atomic E-state index is 13.7. The molecule has 0 spiro atoms. The zero-order valence-electron chi connectivity index (χ0n) is 22.0. The quantitative estimate of drug-likeness (QED) is 0.213. The smallest absolute Gasteiger partial charge is 0.273 e. The molecule has 0 saturated heterocycles. The molecular formula is C33H28ClN3O3. The fourth-order valence-electron chi connectivity index (χ4n) is 5.16. The van der Waals surface area contributed by atoms with E-state index >= 15 is 0 Å². The number of hydrogen-bond donors (Lipinski definition) is 1. The van der Waals surface area contributed by atoms with Gasteiger partial charge in [0.25, 0.3) is 5.91 Å². The summed E-state index contributed by atoms with van der Waals surface area (Å²) in [5, 5.41) is 8.29. The van der Waals surface area contributed by atoms with Gasteiger partial charge in [0.2, 0.25) is 0 Å². The third-order valence-electron chi connectivity index (χ3n) is 7.26. The number of amides is 1. The van der Waals surface area contributed by atoms with Crippen molar-refractivity contribution in [2.45, 2.75) is 19.1 Å². The van der Waals surface area contributed by atoms with Crippen molar-refractivity contribution in [2.24, 2.45) is 0 Å². The Morgan fingerprint density at radius 1 is 0.875 bits per heavy atom. The first-order chi connectivity index (χ1) is 19.6. The summed E-state index contributed by atoms with van der Waals surface area (Å²) in [6, 6.07) is 33.2. The van der Waals surface area contributed by atoms with Crippen LogP contribution in [0.1, 0.15) is 38.8 Å². The molecule has 4 aromatic carbocycles. The number of nitrogens with zero attached hydrogens (tertiary/aromatic N) is 2. The van der Waals surface area contributed by atoms with E-state index in [4.69, 9.17) is 21.1 Å². The van der Waals surface area contributed by atoms with Gasteiger partial charge in [-0.1, -0.05) is 72.3 Å². The lowest BCUT2D eigenvalue weighted by molar-refractivity contribution is 0.0746. The molecule has 1 aliphatic rings. The van der Waals surface area contributed by atoms with Crippen LogP contribution in [0.3, 0.4) is 0 Å². The number of fused-ring (bicyclic) bond motifs is 1. The number of nitrogens with one attached hydrogen (secondary N) is 1. The summed E-state index contributed by atoms with van der Waals surface area (Å²) in [5.74, 6) is 1.44. The van der Waals surface area contributed by atoms with Crippen LogP contribution in [0.2, 0.25) is 5.02 Å². The summed E-state index contributed by atoms with van der Waals surface area (Å²) in [7, 11) is 1.64. The Kier molecular flexibility index (Phi) is 7.25. The van der Waals surface area contributed by atoms with Gasteiger partial charge in [-0.2, -0.15) is 5.10 Å². The highest BCUT2D eigenvalue weighted by Gasteiger charge is 2.41. The van der Waals surface area contributed by atoms with E-state index in [9.17, 15) is 4.79 Å². The average Bonchev–Trinajstić information content (AvgIpc) is 3.55. The van der Waals surface area contributed by atoms with E-state index in [1.54, 1.807) is 7.11 Å². The van der Waals surface area contributed by atoms with Crippen LogP contribution in [0.4, 0.5) is 0 Å². The average molecular weight is 550 g/mol. The third-order valence-corrected chi connectivity index (χ3v) is 7.63. The number of carbonyl (C=O) groups excluding carboxylic acids is 1. The molecule has 1 amide bonds. The van der Waals surface area contributed by atoms with E-state index in [0.29, 0.717) is 23.9 Å². The van der Waals surface area contributed by atoms with Gasteiger partial charge < -0.3 is 14.4 Å². The molecule has 0 radical (unpaired) electrons. The van der Waals surface area contributed by atoms with Crippen LogP contribution in [0.25, 0.3) is 11.3 Å². The molecule has 1 unspecified atom stereocenters. The Morgan fingerprint density at radius 2 is 1.57 bits per heavy atom. The second kappa shape index (κ2) is 11.3. The van der Waals surface area contributed by atoms with Gasteiger partial charge in [0, 0.05) is 28.3 Å². The maximum atomic E-state index is 13.7. The van der Waals surface area contributed by atoms with Gasteiger partial charge in [-0.25, -0.2) is 0 Å². The summed E-state index contributed by atoms with van der Waals surface area (Å²) < 4.78 is 11.4. The molecule has 5 aromatic rings. The standard InChI is InChI=1S/C33H28ClN3O3/c1-39-26-15-11-23(12-16-26)30-29-31(36-35-30)33(38)37(20-19-22-7-3-2-4-8-22)32(29)24-13-17-27(18-14-24)40-21-25-9-5-6-10-28(25)34/h2-18,32H,19-21H2,1H3,(H,35,36). The number of hydrogen-bond acceptors (Lipinski definition) is 4. The van der Waals surface area contributed by atoms with Gasteiger partial charge in [0.1, 0.15) is 23.8 Å². The first-order valence-corrected chi connectivity index (χ1v) is 13.5. The van der Waals surface area contributed by atoms with Crippen LogP contribution in [0, 0.1) is 0 Å². The SMILES string of the molecule is COc1ccc(-c2n[nH]c3c2C(c2ccc(OCc4ccccc4Cl)cc2)N(CCc2ccccc2)C3=O)cc1. The Morgan fingerprint density at radius 3 is 2.30 bits per heavy atom. The molecule has 6 rings (SSSR count). The van der Waals surface area contributed by atoms with E-state index in [0.717, 1.165) is 45.9 Å². The van der Waals surface area contributed by atoms with Crippen molar-refractivity contribution in [1.29, 1.82) is 0 Å². The number of H-pyrrole nitrogens is 1. The molecule has 1 aliphatic heterocycles. The van der Waals surface area contributed by atoms with Gasteiger partial charge in [-0.05, 0) is 60.0 Å². The molecule has 0 bridgehead atoms. The first kappa shape index (κ1) is 25.7. The van der Waals surface area contributed by atoms with Crippen LogP contribution in [0.5, 0.6) is 11.5 Å². The Labute approximate surface area is 238 Å². The molecule has 0 aliphatic carbocycles. The normalized spacial score (nSPS) is 14.3. The molecule has 0 saturated carbocycles. The van der Waals surface area contributed by atoms with Crippen molar-refractivity contribution in [2.75, 3.05) is 13.7 Å². The number of aromatic amines is 1. The third kappa shape index (κ3) is 5.06. The first-order valence-electron chi connectivity index (χ1n) is 13.2. The van der Waals surface area contributed by atoms with E-state index in [1.807, 2.05) is 95.9 Å². The van der Waals surface area contributed by atoms with Crippen molar-refractivity contribution in [3.63, 3.8) is 0 Å². The Balaban J connectivity index is 1.32. The number of ether oxygens (including phenoxy) is 2. The molecule has 1 aromatic heterocycles. The van der Waals surface area contributed by atoms with Gasteiger partial charge in [-0.15, -0.1) is 0 Å². The van der Waals surface area contributed by atoms with Gasteiger partial charge in [-0.3, -0.25) is 9.89 Å². The van der Waals surface area contributed by atoms with Crippen molar-refractivity contribution < 1.29 is 14.3 Å².